The van der Waals surface area contributed by atoms with Crippen molar-refractivity contribution in [3.8, 4) is 0 Å². The number of nitrogens with one attached hydrogen (secondary N) is 2. The van der Waals surface area contributed by atoms with E-state index in [2.05, 4.69) is 20.8 Å². The minimum absolute atomic E-state index is 0.134. The fourth-order valence-electron chi connectivity index (χ4n) is 4.30. The summed E-state index contributed by atoms with van der Waals surface area (Å²) in [5, 5.41) is 11.0. The molecule has 3 amide bonds. The van der Waals surface area contributed by atoms with Crippen molar-refractivity contribution >= 4 is 46.2 Å². The number of aldehydes is 1. The Hall–Kier alpha value is -3.84. The molecule has 216 valence electrons. The third-order valence-electron chi connectivity index (χ3n) is 6.49. The molecule has 0 unspecified atom stereocenters. The lowest BCUT2D eigenvalue weighted by Crippen LogP contribution is -2.57. The van der Waals surface area contributed by atoms with Gasteiger partial charge in [-0.15, -0.1) is 11.3 Å². The number of anilines is 1. The van der Waals surface area contributed by atoms with Gasteiger partial charge in [0.1, 0.15) is 31.2 Å². The van der Waals surface area contributed by atoms with Crippen molar-refractivity contribution in [1.29, 1.82) is 0 Å². The number of nitrogen functional groups attached to an aromatic ring is 1. The zero-order valence-corrected chi connectivity index (χ0v) is 23.8. The van der Waals surface area contributed by atoms with Crippen LogP contribution in [0.3, 0.4) is 0 Å². The molecular formula is C27H36N6O6S. The van der Waals surface area contributed by atoms with E-state index >= 15 is 0 Å². The first-order valence-corrected chi connectivity index (χ1v) is 13.9. The molecule has 4 N–H and O–H groups in total. The number of benzene rings is 1. The number of aromatic nitrogens is 1. The van der Waals surface area contributed by atoms with Crippen molar-refractivity contribution in [2.45, 2.75) is 64.4 Å². The molecule has 4 atom stereocenters. The zero-order valence-electron chi connectivity index (χ0n) is 23.0. The van der Waals surface area contributed by atoms with E-state index in [1.807, 2.05) is 30.3 Å². The van der Waals surface area contributed by atoms with Gasteiger partial charge in [-0.3, -0.25) is 14.4 Å². The lowest BCUT2D eigenvalue weighted by molar-refractivity contribution is -0.142. The maximum Gasteiger partial charge on any atom is 0.276 e. The summed E-state index contributed by atoms with van der Waals surface area (Å²) in [5.74, 6) is -1.93. The van der Waals surface area contributed by atoms with Crippen LogP contribution in [0, 0.1) is 5.92 Å². The number of carbonyl (C=O) groups excluding carboxylic acids is 4. The Morgan fingerprint density at radius 3 is 2.55 bits per heavy atom. The first-order valence-electron chi connectivity index (χ1n) is 13.0. The first-order chi connectivity index (χ1) is 19.2. The van der Waals surface area contributed by atoms with E-state index < -0.39 is 42.0 Å². The van der Waals surface area contributed by atoms with Gasteiger partial charge >= 0.3 is 0 Å². The Bertz CT molecular complexity index is 1200. The molecule has 2 heterocycles. The van der Waals surface area contributed by atoms with Crippen LogP contribution in [0.4, 0.5) is 5.13 Å². The van der Waals surface area contributed by atoms with Crippen molar-refractivity contribution in [1.82, 2.24) is 20.5 Å². The average molecular weight is 573 g/mol. The Kier molecular flexibility index (Phi) is 11.1. The number of hydrogen-bond donors (Lipinski definition) is 3. The quantitative estimate of drug-likeness (QED) is 0.185. The Balaban J connectivity index is 1.82. The molecule has 1 saturated heterocycles. The van der Waals surface area contributed by atoms with Crippen LogP contribution in [0.25, 0.3) is 0 Å². The van der Waals surface area contributed by atoms with Crippen LogP contribution >= 0.6 is 11.3 Å². The standard InChI is InChI=1S/C27H36N6O6S/c1-5-18(13-34)29-24(35)21-11-19(39-14-17-9-7-6-8-10-17)12-33(21)26(37)22(16(2)3)31-25(36)23(32-38-4)20-15-40-27(28)30-20/h6-10,13,15-16,18-19,21-22H,5,11-12,14H2,1-4H3,(H2,28,30)(H,29,35)(H,31,36)/b32-23-/t18-,19+,21-,22-/m0/s1. The Labute approximate surface area is 237 Å². The third kappa shape index (κ3) is 7.85. The largest absolute Gasteiger partial charge is 0.398 e. The number of carbonyl (C=O) groups is 4. The van der Waals surface area contributed by atoms with Crippen LogP contribution in [-0.2, 0) is 35.4 Å². The maximum absolute atomic E-state index is 13.9. The highest BCUT2D eigenvalue weighted by Gasteiger charge is 2.43. The molecule has 1 aliphatic heterocycles. The summed E-state index contributed by atoms with van der Waals surface area (Å²) in [7, 11) is 1.29. The van der Waals surface area contributed by atoms with Crippen LogP contribution in [-0.4, -0.2) is 77.5 Å². The maximum atomic E-state index is 13.9. The number of thiazole rings is 1. The van der Waals surface area contributed by atoms with Crippen LogP contribution in [0.5, 0.6) is 0 Å². The highest BCUT2D eigenvalue weighted by Crippen LogP contribution is 2.24. The molecule has 0 spiro atoms. The number of amides is 3. The highest BCUT2D eigenvalue weighted by molar-refractivity contribution is 7.13. The second kappa shape index (κ2) is 14.5. The van der Waals surface area contributed by atoms with E-state index in [1.165, 1.54) is 12.0 Å². The number of rotatable bonds is 13. The summed E-state index contributed by atoms with van der Waals surface area (Å²) >= 11 is 1.13. The minimum Gasteiger partial charge on any atom is -0.398 e. The molecule has 12 nitrogen and oxygen atoms in total. The molecule has 1 fully saturated rings. The van der Waals surface area contributed by atoms with Gasteiger partial charge in [0.2, 0.25) is 11.8 Å². The van der Waals surface area contributed by atoms with Gasteiger partial charge in [-0.05, 0) is 17.9 Å². The predicted molar refractivity (Wildman–Crippen MR) is 150 cm³/mol. The molecule has 0 saturated carbocycles. The normalized spacial score (nSPS) is 18.7. The topological polar surface area (TPSA) is 165 Å². The van der Waals surface area contributed by atoms with E-state index in [9.17, 15) is 19.2 Å². The summed E-state index contributed by atoms with van der Waals surface area (Å²) in [6.07, 6.45) is 0.898. The van der Waals surface area contributed by atoms with Crippen LogP contribution in [0.1, 0.15) is 44.9 Å². The number of hydrogen-bond acceptors (Lipinski definition) is 10. The van der Waals surface area contributed by atoms with Gasteiger partial charge < -0.3 is 35.6 Å². The smallest absolute Gasteiger partial charge is 0.276 e. The van der Waals surface area contributed by atoms with Crippen LogP contribution < -0.4 is 16.4 Å². The Morgan fingerprint density at radius 2 is 1.98 bits per heavy atom. The lowest BCUT2D eigenvalue weighted by atomic mass is 10.0. The second-order valence-electron chi connectivity index (χ2n) is 9.71. The fraction of sp³-hybridized carbons (Fsp3) is 0.481. The molecule has 0 aliphatic carbocycles. The second-order valence-corrected chi connectivity index (χ2v) is 10.6. The number of oxime groups is 1. The van der Waals surface area contributed by atoms with Crippen LogP contribution in [0.15, 0.2) is 40.9 Å². The lowest BCUT2D eigenvalue weighted by Gasteiger charge is -2.30. The number of nitrogens with two attached hydrogens (primary N) is 1. The monoisotopic (exact) mass is 572 g/mol. The molecular weight excluding hydrogens is 536 g/mol. The SMILES string of the molecule is CC[C@@H](C=O)NC(=O)[C@@H]1C[C@@H](OCc2ccccc2)CN1C(=O)[C@@H](NC(=O)/C(=N\OC)c1csc(N)n1)C(C)C. The third-order valence-corrected chi connectivity index (χ3v) is 7.16. The van der Waals surface area contributed by atoms with Crippen molar-refractivity contribution < 1.29 is 28.8 Å². The van der Waals surface area contributed by atoms with Crippen molar-refractivity contribution in [2.75, 3.05) is 19.4 Å². The van der Waals surface area contributed by atoms with E-state index in [-0.39, 0.29) is 35.4 Å². The van der Waals surface area contributed by atoms with Gasteiger partial charge in [0.25, 0.3) is 5.91 Å². The fourth-order valence-corrected chi connectivity index (χ4v) is 4.85. The van der Waals surface area contributed by atoms with Gasteiger partial charge in [0.15, 0.2) is 10.8 Å². The summed E-state index contributed by atoms with van der Waals surface area (Å²) in [6.45, 7) is 5.80. The first kappa shape index (κ1) is 30.7. The molecule has 1 aliphatic rings. The Morgan fingerprint density at radius 1 is 1.25 bits per heavy atom. The molecule has 0 radical (unpaired) electrons. The van der Waals surface area contributed by atoms with E-state index in [1.54, 1.807) is 26.2 Å². The van der Waals surface area contributed by atoms with Crippen molar-refractivity contribution in [2.24, 2.45) is 11.1 Å². The summed E-state index contributed by atoms with van der Waals surface area (Å²) in [4.78, 5) is 62.1. The van der Waals surface area contributed by atoms with Gasteiger partial charge in [0, 0.05) is 18.3 Å². The molecule has 40 heavy (non-hydrogen) atoms. The zero-order chi connectivity index (χ0) is 29.2. The summed E-state index contributed by atoms with van der Waals surface area (Å²) in [6, 6.07) is 7.01. The number of likely N-dealkylation sites (tertiary alicyclic amines) is 1. The van der Waals surface area contributed by atoms with Crippen molar-refractivity contribution in [3.05, 3.63) is 47.0 Å². The van der Waals surface area contributed by atoms with E-state index in [4.69, 9.17) is 15.3 Å². The van der Waals surface area contributed by atoms with Gasteiger partial charge in [-0.25, -0.2) is 4.98 Å². The molecule has 3 rings (SSSR count). The highest BCUT2D eigenvalue weighted by atomic mass is 32.1. The van der Waals surface area contributed by atoms with E-state index in [0.717, 1.165) is 16.9 Å². The predicted octanol–water partition coefficient (Wildman–Crippen LogP) is 1.50. The minimum atomic E-state index is -0.998. The molecule has 1 aromatic carbocycles. The van der Waals surface area contributed by atoms with Gasteiger partial charge in [-0.2, -0.15) is 0 Å². The van der Waals surface area contributed by atoms with Crippen LogP contribution in [0.2, 0.25) is 0 Å². The molecule has 2 aromatic rings. The van der Waals surface area contributed by atoms with E-state index in [0.29, 0.717) is 19.3 Å². The molecule has 0 bridgehead atoms. The molecule has 13 heteroatoms. The number of ether oxygens (including phenoxy) is 1. The summed E-state index contributed by atoms with van der Waals surface area (Å²) in [5.41, 5.74) is 6.75. The van der Waals surface area contributed by atoms with Crippen molar-refractivity contribution in [3.63, 3.8) is 0 Å². The van der Waals surface area contributed by atoms with Gasteiger partial charge in [0.05, 0.1) is 18.8 Å². The van der Waals surface area contributed by atoms with Gasteiger partial charge in [-0.1, -0.05) is 56.3 Å². The average Bonchev–Trinajstić information content (AvgIpc) is 3.58. The number of nitrogens with zero attached hydrogens (tertiary/aromatic N) is 3. The summed E-state index contributed by atoms with van der Waals surface area (Å²) < 4.78 is 6.07. The molecule has 1 aromatic heterocycles.